The summed E-state index contributed by atoms with van der Waals surface area (Å²) in [6.07, 6.45) is 1.44. The molecule has 0 unspecified atom stereocenters. The minimum absolute atomic E-state index is 0.315. The molecule has 19 heavy (non-hydrogen) atoms. The molecule has 0 aromatic heterocycles. The van der Waals surface area contributed by atoms with E-state index in [1.165, 1.54) is 0 Å². The van der Waals surface area contributed by atoms with Crippen molar-refractivity contribution in [1.82, 2.24) is 0 Å². The van der Waals surface area contributed by atoms with Crippen LogP contribution in [0.1, 0.15) is 26.3 Å². The number of benzene rings is 2. The van der Waals surface area contributed by atoms with Crippen molar-refractivity contribution in [3.63, 3.8) is 0 Å². The number of esters is 1. The van der Waals surface area contributed by atoms with E-state index in [0.717, 1.165) is 11.8 Å². The maximum atomic E-state index is 11.7. The van der Waals surface area contributed by atoms with E-state index in [9.17, 15) is 9.59 Å². The Labute approximate surface area is 111 Å². The number of hydrogen-bond acceptors (Lipinski definition) is 3. The normalized spacial score (nSPS) is 9.89. The van der Waals surface area contributed by atoms with Gasteiger partial charge >= 0.3 is 5.97 Å². The summed E-state index contributed by atoms with van der Waals surface area (Å²) in [5.74, 6) is -0.315. The Morgan fingerprint density at radius 1 is 1.00 bits per heavy atom. The summed E-state index contributed by atoms with van der Waals surface area (Å²) in [7, 11) is 0. The van der Waals surface area contributed by atoms with Crippen LogP contribution in [0.3, 0.4) is 0 Å². The van der Waals surface area contributed by atoms with Crippen molar-refractivity contribution in [3.8, 4) is 0 Å². The summed E-state index contributed by atoms with van der Waals surface area (Å²) in [5, 5.41) is 0. The largest absolute Gasteiger partial charge is 0.462 e. The Hall–Kier alpha value is -2.42. The fraction of sp³-hybridized carbons (Fsp3) is 0.125. The van der Waals surface area contributed by atoms with E-state index in [4.69, 9.17) is 4.74 Å². The highest BCUT2D eigenvalue weighted by molar-refractivity contribution is 5.89. The van der Waals surface area contributed by atoms with Gasteiger partial charge in [-0.2, -0.15) is 0 Å². The molecule has 2 aromatic rings. The number of carbonyl (C=O) groups is 2. The maximum absolute atomic E-state index is 11.7. The van der Waals surface area contributed by atoms with Gasteiger partial charge in [0.05, 0.1) is 12.2 Å². The molecule has 3 nitrogen and oxygen atoms in total. The second kappa shape index (κ2) is 6.50. The lowest BCUT2D eigenvalue weighted by Gasteiger charge is -2.05. The van der Waals surface area contributed by atoms with E-state index in [2.05, 4.69) is 0 Å². The number of hydrogen-bond donors (Lipinski definition) is 0. The van der Waals surface area contributed by atoms with E-state index in [0.29, 0.717) is 24.2 Å². The second-order valence-corrected chi connectivity index (χ2v) is 4.11. The van der Waals surface area contributed by atoms with Crippen molar-refractivity contribution in [1.29, 1.82) is 0 Å². The highest BCUT2D eigenvalue weighted by Crippen LogP contribution is 2.05. The monoisotopic (exact) mass is 254 g/mol. The molecule has 2 rings (SSSR count). The zero-order chi connectivity index (χ0) is 13.5. The Kier molecular flexibility index (Phi) is 4.45. The van der Waals surface area contributed by atoms with Crippen molar-refractivity contribution in [2.45, 2.75) is 6.42 Å². The standard InChI is InChI=1S/C16H14O3/c17-12-14-8-6-13(7-9-14)10-11-19-16(18)15-4-2-1-3-5-15/h1-9,12H,10-11H2. The third-order valence-electron chi connectivity index (χ3n) is 2.75. The predicted molar refractivity (Wildman–Crippen MR) is 72.3 cm³/mol. The fourth-order valence-electron chi connectivity index (χ4n) is 1.68. The van der Waals surface area contributed by atoms with Gasteiger partial charge < -0.3 is 4.74 Å². The lowest BCUT2D eigenvalue weighted by atomic mass is 10.1. The van der Waals surface area contributed by atoms with E-state index in [-0.39, 0.29) is 5.97 Å². The van der Waals surface area contributed by atoms with Crippen molar-refractivity contribution in [2.75, 3.05) is 6.61 Å². The SMILES string of the molecule is O=Cc1ccc(CCOC(=O)c2ccccc2)cc1. The van der Waals surface area contributed by atoms with Gasteiger partial charge in [-0.3, -0.25) is 4.79 Å². The molecular weight excluding hydrogens is 240 g/mol. The van der Waals surface area contributed by atoms with Crippen LogP contribution in [-0.4, -0.2) is 18.9 Å². The van der Waals surface area contributed by atoms with E-state index in [1.807, 2.05) is 18.2 Å². The summed E-state index contributed by atoms with van der Waals surface area (Å²) in [5.41, 5.74) is 2.23. The number of rotatable bonds is 5. The average molecular weight is 254 g/mol. The molecule has 96 valence electrons. The first-order chi connectivity index (χ1) is 9.29. The zero-order valence-electron chi connectivity index (χ0n) is 10.4. The first-order valence-corrected chi connectivity index (χ1v) is 6.06. The molecular formula is C16H14O3. The summed E-state index contributed by atoms with van der Waals surface area (Å²) in [6.45, 7) is 0.328. The van der Waals surface area contributed by atoms with Gasteiger partial charge in [-0.05, 0) is 17.7 Å². The summed E-state index contributed by atoms with van der Waals surface area (Å²) >= 11 is 0. The van der Waals surface area contributed by atoms with Crippen LogP contribution in [-0.2, 0) is 11.2 Å². The molecule has 0 radical (unpaired) electrons. The first kappa shape index (κ1) is 13.0. The van der Waals surface area contributed by atoms with Crippen LogP contribution < -0.4 is 0 Å². The molecule has 0 heterocycles. The minimum atomic E-state index is -0.315. The summed E-state index contributed by atoms with van der Waals surface area (Å²) in [4.78, 5) is 22.2. The minimum Gasteiger partial charge on any atom is -0.462 e. The van der Waals surface area contributed by atoms with Crippen LogP contribution in [0, 0.1) is 0 Å². The topological polar surface area (TPSA) is 43.4 Å². The quantitative estimate of drug-likeness (QED) is 0.608. The smallest absolute Gasteiger partial charge is 0.338 e. The number of carbonyl (C=O) groups excluding carboxylic acids is 2. The van der Waals surface area contributed by atoms with Gasteiger partial charge in [0.25, 0.3) is 0 Å². The molecule has 0 saturated heterocycles. The summed E-state index contributed by atoms with van der Waals surface area (Å²) in [6, 6.07) is 16.1. The van der Waals surface area contributed by atoms with E-state index >= 15 is 0 Å². The van der Waals surface area contributed by atoms with Crippen LogP contribution >= 0.6 is 0 Å². The molecule has 0 bridgehead atoms. The van der Waals surface area contributed by atoms with Crippen LogP contribution in [0.5, 0.6) is 0 Å². The van der Waals surface area contributed by atoms with Crippen LogP contribution in [0.15, 0.2) is 54.6 Å². The average Bonchev–Trinajstić information content (AvgIpc) is 2.49. The molecule has 0 atom stereocenters. The predicted octanol–water partition coefficient (Wildman–Crippen LogP) is 2.90. The number of ether oxygens (including phenoxy) is 1. The Morgan fingerprint density at radius 3 is 2.32 bits per heavy atom. The van der Waals surface area contributed by atoms with Gasteiger partial charge in [-0.25, -0.2) is 4.79 Å². The molecule has 0 aliphatic rings. The van der Waals surface area contributed by atoms with Crippen LogP contribution in [0.2, 0.25) is 0 Å². The van der Waals surface area contributed by atoms with Gasteiger partial charge in [-0.15, -0.1) is 0 Å². The van der Waals surface area contributed by atoms with Crippen molar-refractivity contribution >= 4 is 12.3 Å². The molecule has 2 aromatic carbocycles. The molecule has 0 fully saturated rings. The first-order valence-electron chi connectivity index (χ1n) is 6.06. The number of aldehydes is 1. The van der Waals surface area contributed by atoms with Crippen LogP contribution in [0.25, 0.3) is 0 Å². The molecule has 0 spiro atoms. The Balaban J connectivity index is 1.83. The third kappa shape index (κ3) is 3.78. The maximum Gasteiger partial charge on any atom is 0.338 e. The van der Waals surface area contributed by atoms with E-state index in [1.54, 1.807) is 36.4 Å². The van der Waals surface area contributed by atoms with Gasteiger partial charge in [0, 0.05) is 12.0 Å². The fourth-order valence-corrected chi connectivity index (χ4v) is 1.68. The van der Waals surface area contributed by atoms with Crippen molar-refractivity contribution < 1.29 is 14.3 Å². The highest BCUT2D eigenvalue weighted by Gasteiger charge is 2.05. The van der Waals surface area contributed by atoms with Gasteiger partial charge in [0.15, 0.2) is 0 Å². The molecule has 3 heteroatoms. The second-order valence-electron chi connectivity index (χ2n) is 4.11. The Morgan fingerprint density at radius 2 is 1.68 bits per heavy atom. The molecule has 0 amide bonds. The lowest BCUT2D eigenvalue weighted by molar-refractivity contribution is 0.0509. The summed E-state index contributed by atoms with van der Waals surface area (Å²) < 4.78 is 5.18. The van der Waals surface area contributed by atoms with Crippen molar-refractivity contribution in [2.24, 2.45) is 0 Å². The molecule has 0 aliphatic heterocycles. The van der Waals surface area contributed by atoms with Gasteiger partial charge in [0.1, 0.15) is 6.29 Å². The van der Waals surface area contributed by atoms with Gasteiger partial charge in [0.2, 0.25) is 0 Å². The third-order valence-corrected chi connectivity index (χ3v) is 2.75. The Bertz CT molecular complexity index is 544. The van der Waals surface area contributed by atoms with E-state index < -0.39 is 0 Å². The molecule has 0 saturated carbocycles. The molecule has 0 N–H and O–H groups in total. The molecule has 0 aliphatic carbocycles. The van der Waals surface area contributed by atoms with Crippen LogP contribution in [0.4, 0.5) is 0 Å². The lowest BCUT2D eigenvalue weighted by Crippen LogP contribution is -2.07. The highest BCUT2D eigenvalue weighted by atomic mass is 16.5. The van der Waals surface area contributed by atoms with Gasteiger partial charge in [-0.1, -0.05) is 42.5 Å². The zero-order valence-corrected chi connectivity index (χ0v) is 10.4. The van der Waals surface area contributed by atoms with Crippen molar-refractivity contribution in [3.05, 3.63) is 71.3 Å².